The van der Waals surface area contributed by atoms with Gasteiger partial charge in [-0.3, -0.25) is 4.98 Å². The number of carboxylic acid groups (broad SMARTS) is 1. The molecule has 86 valence electrons. The summed E-state index contributed by atoms with van der Waals surface area (Å²) in [5.41, 5.74) is 1.64. The molecule has 4 nitrogen and oxygen atoms in total. The fourth-order valence-corrected chi connectivity index (χ4v) is 0.616. The van der Waals surface area contributed by atoms with Crippen LogP contribution in [0.4, 0.5) is 13.2 Å². The molecule has 1 aromatic heterocycles. The van der Waals surface area contributed by atoms with E-state index in [-0.39, 0.29) is 0 Å². The molecule has 0 spiro atoms. The van der Waals surface area contributed by atoms with Gasteiger partial charge in [-0.2, -0.15) is 18.4 Å². The van der Waals surface area contributed by atoms with Crippen LogP contribution >= 0.6 is 0 Å². The molecule has 7 heteroatoms. The van der Waals surface area contributed by atoms with E-state index in [1.807, 2.05) is 13.0 Å². The lowest BCUT2D eigenvalue weighted by atomic mass is 10.2. The second-order valence-electron chi connectivity index (χ2n) is 2.67. The number of nitriles is 1. The van der Waals surface area contributed by atoms with Crippen molar-refractivity contribution in [1.82, 2.24) is 4.98 Å². The van der Waals surface area contributed by atoms with Crippen molar-refractivity contribution in [3.8, 4) is 6.07 Å². The van der Waals surface area contributed by atoms with Gasteiger partial charge in [0.15, 0.2) is 0 Å². The Morgan fingerprint density at radius 2 is 2.00 bits per heavy atom. The zero-order valence-corrected chi connectivity index (χ0v) is 8.12. The second kappa shape index (κ2) is 5.70. The van der Waals surface area contributed by atoms with Gasteiger partial charge < -0.3 is 5.11 Å². The number of rotatable bonds is 0. The molecular formula is C9H7F3N2O2. The lowest BCUT2D eigenvalue weighted by Gasteiger charge is -1.93. The van der Waals surface area contributed by atoms with E-state index in [9.17, 15) is 13.2 Å². The van der Waals surface area contributed by atoms with Gasteiger partial charge in [-0.15, -0.1) is 0 Å². The average Bonchev–Trinajstić information content (AvgIpc) is 2.17. The van der Waals surface area contributed by atoms with E-state index < -0.39 is 12.1 Å². The van der Waals surface area contributed by atoms with Gasteiger partial charge >= 0.3 is 12.1 Å². The summed E-state index contributed by atoms with van der Waals surface area (Å²) >= 11 is 0. The lowest BCUT2D eigenvalue weighted by molar-refractivity contribution is -0.192. The van der Waals surface area contributed by atoms with E-state index in [1.54, 1.807) is 18.5 Å². The molecule has 0 amide bonds. The number of hydrogen-bond donors (Lipinski definition) is 1. The summed E-state index contributed by atoms with van der Waals surface area (Å²) < 4.78 is 31.7. The number of aliphatic carboxylic acids is 1. The van der Waals surface area contributed by atoms with Gasteiger partial charge in [0, 0.05) is 12.4 Å². The van der Waals surface area contributed by atoms with Crippen LogP contribution in [0.1, 0.15) is 11.1 Å². The molecule has 1 aromatic rings. The van der Waals surface area contributed by atoms with Crippen LogP contribution in [-0.2, 0) is 4.79 Å². The third kappa shape index (κ3) is 5.59. The minimum absolute atomic E-state index is 0.620. The number of aryl methyl sites for hydroxylation is 1. The first-order valence-corrected chi connectivity index (χ1v) is 3.89. The summed E-state index contributed by atoms with van der Waals surface area (Å²) in [5.74, 6) is -2.76. The highest BCUT2D eigenvalue weighted by Gasteiger charge is 2.38. The molecule has 0 saturated carbocycles. The Morgan fingerprint density at radius 1 is 1.50 bits per heavy atom. The summed E-state index contributed by atoms with van der Waals surface area (Å²) in [6, 6.07) is 3.80. The smallest absolute Gasteiger partial charge is 0.475 e. The highest BCUT2D eigenvalue weighted by molar-refractivity contribution is 5.73. The maximum Gasteiger partial charge on any atom is 0.490 e. The molecule has 0 saturated heterocycles. The van der Waals surface area contributed by atoms with Crippen LogP contribution in [0.15, 0.2) is 18.5 Å². The monoisotopic (exact) mass is 232 g/mol. The number of hydrogen-bond acceptors (Lipinski definition) is 3. The Hall–Kier alpha value is -2.10. The summed E-state index contributed by atoms with van der Waals surface area (Å²) in [7, 11) is 0. The molecule has 16 heavy (non-hydrogen) atoms. The van der Waals surface area contributed by atoms with Crippen LogP contribution in [0.3, 0.4) is 0 Å². The minimum atomic E-state index is -5.08. The highest BCUT2D eigenvalue weighted by atomic mass is 19.4. The van der Waals surface area contributed by atoms with Crippen molar-refractivity contribution in [1.29, 1.82) is 5.26 Å². The third-order valence-corrected chi connectivity index (χ3v) is 1.25. The van der Waals surface area contributed by atoms with Crippen molar-refractivity contribution in [2.45, 2.75) is 13.1 Å². The molecule has 0 aliphatic carbocycles. The van der Waals surface area contributed by atoms with Gasteiger partial charge in [-0.25, -0.2) is 4.79 Å². The van der Waals surface area contributed by atoms with Gasteiger partial charge in [-0.1, -0.05) is 0 Å². The van der Waals surface area contributed by atoms with Crippen LogP contribution in [0.5, 0.6) is 0 Å². The van der Waals surface area contributed by atoms with E-state index in [0.717, 1.165) is 5.56 Å². The summed E-state index contributed by atoms with van der Waals surface area (Å²) in [6.07, 6.45) is -1.81. The number of carboxylic acids is 1. The molecule has 1 rings (SSSR count). The Balaban J connectivity index is 0.000000293. The number of carbonyl (C=O) groups is 1. The number of halogens is 3. The fraction of sp³-hybridized carbons (Fsp3) is 0.222. The van der Waals surface area contributed by atoms with Crippen LogP contribution in [0.25, 0.3) is 0 Å². The van der Waals surface area contributed by atoms with E-state index in [2.05, 4.69) is 4.98 Å². The van der Waals surface area contributed by atoms with Gasteiger partial charge in [0.2, 0.25) is 0 Å². The first kappa shape index (κ1) is 13.9. The number of alkyl halides is 3. The van der Waals surface area contributed by atoms with Gasteiger partial charge in [0.25, 0.3) is 0 Å². The zero-order valence-electron chi connectivity index (χ0n) is 8.12. The number of pyridine rings is 1. The van der Waals surface area contributed by atoms with E-state index in [1.165, 1.54) is 0 Å². The molecule has 0 unspecified atom stereocenters. The second-order valence-corrected chi connectivity index (χ2v) is 2.67. The Kier molecular flexibility index (Phi) is 4.95. The SMILES string of the molecule is Cc1cncc(C#N)c1.O=C(O)C(F)(F)F. The largest absolute Gasteiger partial charge is 0.490 e. The van der Waals surface area contributed by atoms with Crippen LogP contribution in [0.2, 0.25) is 0 Å². The molecule has 0 aliphatic rings. The average molecular weight is 232 g/mol. The molecular weight excluding hydrogens is 225 g/mol. The summed E-state index contributed by atoms with van der Waals surface area (Å²) in [5, 5.41) is 15.5. The van der Waals surface area contributed by atoms with Crippen molar-refractivity contribution in [3.05, 3.63) is 29.6 Å². The van der Waals surface area contributed by atoms with Gasteiger partial charge in [-0.05, 0) is 18.6 Å². The lowest BCUT2D eigenvalue weighted by Crippen LogP contribution is -2.21. The maximum atomic E-state index is 10.6. The molecule has 0 aliphatic heterocycles. The van der Waals surface area contributed by atoms with E-state index >= 15 is 0 Å². The standard InChI is InChI=1S/C7H6N2.C2HF3O2/c1-6-2-7(3-8)5-9-4-6;3-2(4,5)1(6)7/h2,4-5H,1H3;(H,6,7). The quantitative estimate of drug-likeness (QED) is 0.741. The molecule has 0 atom stereocenters. The summed E-state index contributed by atoms with van der Waals surface area (Å²) in [6.45, 7) is 1.91. The topological polar surface area (TPSA) is 74.0 Å². The molecule has 0 radical (unpaired) electrons. The Labute approximate surface area is 89.0 Å². The first-order valence-electron chi connectivity index (χ1n) is 3.89. The molecule has 0 bridgehead atoms. The van der Waals surface area contributed by atoms with Crippen molar-refractivity contribution in [2.75, 3.05) is 0 Å². The van der Waals surface area contributed by atoms with Gasteiger partial charge in [0.05, 0.1) is 5.56 Å². The van der Waals surface area contributed by atoms with Crippen molar-refractivity contribution in [2.24, 2.45) is 0 Å². The van der Waals surface area contributed by atoms with Crippen LogP contribution < -0.4 is 0 Å². The summed E-state index contributed by atoms with van der Waals surface area (Å²) in [4.78, 5) is 12.7. The maximum absolute atomic E-state index is 10.6. The predicted octanol–water partition coefficient (Wildman–Crippen LogP) is 1.90. The van der Waals surface area contributed by atoms with Crippen molar-refractivity contribution >= 4 is 5.97 Å². The Bertz CT molecular complexity index is 410. The number of aromatic nitrogens is 1. The Morgan fingerprint density at radius 3 is 2.25 bits per heavy atom. The highest BCUT2D eigenvalue weighted by Crippen LogP contribution is 2.13. The van der Waals surface area contributed by atoms with Crippen LogP contribution in [0, 0.1) is 18.3 Å². The predicted molar refractivity (Wildman–Crippen MR) is 47.4 cm³/mol. The molecule has 1 heterocycles. The number of nitrogens with zero attached hydrogens (tertiary/aromatic N) is 2. The first-order chi connectivity index (χ1) is 7.27. The fourth-order valence-electron chi connectivity index (χ4n) is 0.616. The van der Waals surface area contributed by atoms with Crippen molar-refractivity contribution < 1.29 is 23.1 Å². The normalized spacial score (nSPS) is 9.69. The van der Waals surface area contributed by atoms with Gasteiger partial charge in [0.1, 0.15) is 6.07 Å². The molecule has 0 fully saturated rings. The van der Waals surface area contributed by atoms with E-state index in [0.29, 0.717) is 5.56 Å². The molecule has 1 N–H and O–H groups in total. The zero-order chi connectivity index (χ0) is 12.8. The van der Waals surface area contributed by atoms with E-state index in [4.69, 9.17) is 15.2 Å². The molecule has 0 aromatic carbocycles. The van der Waals surface area contributed by atoms with Crippen LogP contribution in [-0.4, -0.2) is 22.2 Å². The minimum Gasteiger partial charge on any atom is -0.475 e. The van der Waals surface area contributed by atoms with Crippen molar-refractivity contribution in [3.63, 3.8) is 0 Å². The third-order valence-electron chi connectivity index (χ3n) is 1.25.